The van der Waals surface area contributed by atoms with Crippen LogP contribution in [0.1, 0.15) is 18.2 Å². The topological polar surface area (TPSA) is 72.2 Å². The average molecular weight is 333 g/mol. The minimum atomic E-state index is -0.0603. The summed E-state index contributed by atoms with van der Waals surface area (Å²) in [5, 5.41) is 12.1. The van der Waals surface area contributed by atoms with Gasteiger partial charge in [0, 0.05) is 24.6 Å². The van der Waals surface area contributed by atoms with Gasteiger partial charge in [0.25, 0.3) is 5.56 Å². The lowest BCUT2D eigenvalue weighted by atomic mass is 10.3. The summed E-state index contributed by atoms with van der Waals surface area (Å²) < 4.78 is 2.43. The number of aryl methyl sites for hydroxylation is 1. The molecule has 0 fully saturated rings. The Labute approximate surface area is 135 Å². The van der Waals surface area contributed by atoms with E-state index in [-0.39, 0.29) is 5.56 Å². The van der Waals surface area contributed by atoms with E-state index in [9.17, 15) is 4.79 Å². The summed E-state index contributed by atoms with van der Waals surface area (Å²) >= 11 is 3.04. The minimum absolute atomic E-state index is 0.0603. The molecule has 3 heterocycles. The van der Waals surface area contributed by atoms with Crippen LogP contribution >= 0.6 is 23.1 Å². The lowest BCUT2D eigenvalue weighted by molar-refractivity contribution is 0.990. The Morgan fingerprint density at radius 3 is 3.09 bits per heavy atom. The van der Waals surface area contributed by atoms with Gasteiger partial charge in [-0.05, 0) is 25.5 Å². The van der Waals surface area contributed by atoms with E-state index < -0.39 is 0 Å². The Kier molecular flexibility index (Phi) is 4.39. The van der Waals surface area contributed by atoms with Crippen LogP contribution in [0.15, 0.2) is 33.5 Å². The first kappa shape index (κ1) is 15.0. The second kappa shape index (κ2) is 6.45. The molecule has 3 aromatic heterocycles. The molecular weight excluding hydrogens is 318 g/mol. The third-order valence-electron chi connectivity index (χ3n) is 3.02. The molecule has 0 saturated heterocycles. The van der Waals surface area contributed by atoms with E-state index in [0.29, 0.717) is 11.4 Å². The molecule has 0 amide bonds. The van der Waals surface area contributed by atoms with Gasteiger partial charge in [0.2, 0.25) is 5.13 Å². The molecule has 0 bridgehead atoms. The third kappa shape index (κ3) is 3.12. The Hall–Kier alpha value is -1.93. The van der Waals surface area contributed by atoms with Crippen LogP contribution in [0.25, 0.3) is 5.65 Å². The number of anilines is 1. The van der Waals surface area contributed by atoms with Crippen molar-refractivity contribution in [2.45, 2.75) is 23.9 Å². The van der Waals surface area contributed by atoms with E-state index in [4.69, 9.17) is 0 Å². The molecule has 6 nitrogen and oxygen atoms in total. The number of nitrogens with zero attached hydrogens (tertiary/aromatic N) is 4. The number of nitrogens with one attached hydrogen (secondary N) is 1. The Bertz CT molecular complexity index is 858. The smallest absolute Gasteiger partial charge is 0.258 e. The molecule has 0 atom stereocenters. The fraction of sp³-hybridized carbons (Fsp3) is 0.286. The summed E-state index contributed by atoms with van der Waals surface area (Å²) in [6.45, 7) is 4.79. The zero-order valence-electron chi connectivity index (χ0n) is 12.2. The van der Waals surface area contributed by atoms with Crippen LogP contribution in [-0.2, 0) is 5.75 Å². The number of fused-ring (bicyclic) bond motifs is 1. The van der Waals surface area contributed by atoms with Gasteiger partial charge in [0.05, 0.1) is 5.69 Å². The Morgan fingerprint density at radius 2 is 2.27 bits per heavy atom. The second-order valence-electron chi connectivity index (χ2n) is 4.66. The van der Waals surface area contributed by atoms with Crippen molar-refractivity contribution in [1.82, 2.24) is 19.6 Å². The maximum Gasteiger partial charge on any atom is 0.258 e. The van der Waals surface area contributed by atoms with Crippen molar-refractivity contribution >= 4 is 33.9 Å². The summed E-state index contributed by atoms with van der Waals surface area (Å²) in [6.07, 6.45) is 1.74. The maximum absolute atomic E-state index is 12.1. The maximum atomic E-state index is 12.1. The van der Waals surface area contributed by atoms with Crippen molar-refractivity contribution in [3.63, 3.8) is 0 Å². The molecule has 1 N–H and O–H groups in total. The summed E-state index contributed by atoms with van der Waals surface area (Å²) in [4.78, 5) is 16.7. The van der Waals surface area contributed by atoms with Crippen LogP contribution in [0.2, 0.25) is 0 Å². The standard InChI is InChI=1S/C14H15N5OS2/c1-3-15-13-17-18-14(22-13)21-8-10-7-11(20)19-6-4-5-9(2)12(19)16-10/h4-7H,3,8H2,1-2H3,(H,15,17). The van der Waals surface area contributed by atoms with Gasteiger partial charge in [-0.15, -0.1) is 10.2 Å². The molecule has 0 spiro atoms. The molecule has 0 aliphatic carbocycles. The van der Waals surface area contributed by atoms with Gasteiger partial charge in [0.1, 0.15) is 5.65 Å². The van der Waals surface area contributed by atoms with Crippen LogP contribution in [0.5, 0.6) is 0 Å². The van der Waals surface area contributed by atoms with Crippen LogP contribution in [0.3, 0.4) is 0 Å². The van der Waals surface area contributed by atoms with Crippen molar-refractivity contribution in [2.24, 2.45) is 0 Å². The highest BCUT2D eigenvalue weighted by Gasteiger charge is 2.08. The van der Waals surface area contributed by atoms with Crippen molar-refractivity contribution < 1.29 is 0 Å². The summed E-state index contributed by atoms with van der Waals surface area (Å²) in [6, 6.07) is 5.38. The van der Waals surface area contributed by atoms with E-state index in [2.05, 4.69) is 20.5 Å². The fourth-order valence-electron chi connectivity index (χ4n) is 2.01. The molecule has 8 heteroatoms. The molecule has 114 valence electrons. The van der Waals surface area contributed by atoms with Gasteiger partial charge in [-0.3, -0.25) is 9.20 Å². The van der Waals surface area contributed by atoms with Gasteiger partial charge in [-0.2, -0.15) is 0 Å². The van der Waals surface area contributed by atoms with Gasteiger partial charge < -0.3 is 5.32 Å². The monoisotopic (exact) mass is 333 g/mol. The molecule has 0 aliphatic heterocycles. The first-order valence-electron chi connectivity index (χ1n) is 6.85. The van der Waals surface area contributed by atoms with Crippen LogP contribution in [-0.4, -0.2) is 26.1 Å². The predicted molar refractivity (Wildman–Crippen MR) is 89.8 cm³/mol. The van der Waals surface area contributed by atoms with Gasteiger partial charge in [-0.25, -0.2) is 4.98 Å². The van der Waals surface area contributed by atoms with Crippen molar-refractivity contribution in [1.29, 1.82) is 0 Å². The van der Waals surface area contributed by atoms with E-state index in [0.717, 1.165) is 27.3 Å². The molecular formula is C14H15N5OS2. The quantitative estimate of drug-likeness (QED) is 0.724. The second-order valence-corrected chi connectivity index (χ2v) is 6.86. The molecule has 0 saturated carbocycles. The first-order valence-corrected chi connectivity index (χ1v) is 8.65. The minimum Gasteiger partial charge on any atom is -0.360 e. The molecule has 22 heavy (non-hydrogen) atoms. The van der Waals surface area contributed by atoms with E-state index in [1.807, 2.05) is 26.0 Å². The highest BCUT2D eigenvalue weighted by atomic mass is 32.2. The van der Waals surface area contributed by atoms with Gasteiger partial charge in [-0.1, -0.05) is 29.2 Å². The van der Waals surface area contributed by atoms with E-state index >= 15 is 0 Å². The highest BCUT2D eigenvalue weighted by Crippen LogP contribution is 2.27. The zero-order chi connectivity index (χ0) is 15.5. The predicted octanol–water partition coefficient (Wildman–Crippen LogP) is 2.58. The van der Waals surface area contributed by atoms with Gasteiger partial charge >= 0.3 is 0 Å². The number of hydrogen-bond acceptors (Lipinski definition) is 7. The summed E-state index contributed by atoms with van der Waals surface area (Å²) in [7, 11) is 0. The van der Waals surface area contributed by atoms with Gasteiger partial charge in [0.15, 0.2) is 4.34 Å². The summed E-state index contributed by atoms with van der Waals surface area (Å²) in [5.41, 5.74) is 2.38. The largest absolute Gasteiger partial charge is 0.360 e. The van der Waals surface area contributed by atoms with E-state index in [1.54, 1.807) is 16.7 Å². The number of aromatic nitrogens is 4. The number of pyridine rings is 1. The SMILES string of the molecule is CCNc1nnc(SCc2cc(=O)n3cccc(C)c3n2)s1. The number of thioether (sulfide) groups is 1. The summed E-state index contributed by atoms with van der Waals surface area (Å²) in [5.74, 6) is 0.598. The number of rotatable bonds is 5. The van der Waals surface area contributed by atoms with E-state index in [1.165, 1.54) is 23.1 Å². The normalized spacial score (nSPS) is 11.0. The third-order valence-corrected chi connectivity index (χ3v) is 5.07. The van der Waals surface area contributed by atoms with Crippen molar-refractivity contribution in [3.05, 3.63) is 46.0 Å². The lowest BCUT2D eigenvalue weighted by Gasteiger charge is -2.05. The molecule has 0 unspecified atom stereocenters. The average Bonchev–Trinajstić information content (AvgIpc) is 2.94. The molecule has 0 radical (unpaired) electrons. The highest BCUT2D eigenvalue weighted by molar-refractivity contribution is 8.00. The van der Waals surface area contributed by atoms with Crippen molar-refractivity contribution in [2.75, 3.05) is 11.9 Å². The Morgan fingerprint density at radius 1 is 1.41 bits per heavy atom. The molecule has 0 aromatic carbocycles. The molecule has 3 rings (SSSR count). The van der Waals surface area contributed by atoms with Crippen LogP contribution in [0.4, 0.5) is 5.13 Å². The molecule has 3 aromatic rings. The first-order chi connectivity index (χ1) is 10.7. The Balaban J connectivity index is 1.81. The zero-order valence-corrected chi connectivity index (χ0v) is 13.9. The van der Waals surface area contributed by atoms with Crippen LogP contribution in [0, 0.1) is 6.92 Å². The van der Waals surface area contributed by atoms with Crippen LogP contribution < -0.4 is 10.9 Å². The van der Waals surface area contributed by atoms with Crippen molar-refractivity contribution in [3.8, 4) is 0 Å². The number of hydrogen-bond donors (Lipinski definition) is 1. The fourth-order valence-corrected chi connectivity index (χ4v) is 3.72. The lowest BCUT2D eigenvalue weighted by Crippen LogP contribution is -2.15. The molecule has 0 aliphatic rings.